The number of carbonyl (C=O) groups is 1. The zero-order valence-electron chi connectivity index (χ0n) is 21.8. The van der Waals surface area contributed by atoms with Crippen LogP contribution >= 0.6 is 11.3 Å². The summed E-state index contributed by atoms with van der Waals surface area (Å²) in [4.78, 5) is 30.4. The summed E-state index contributed by atoms with van der Waals surface area (Å²) in [5, 5.41) is 3.96. The Bertz CT molecular complexity index is 1310. The summed E-state index contributed by atoms with van der Waals surface area (Å²) in [5.41, 5.74) is 16.2. The average molecular weight is 526 g/mol. The molecule has 0 aromatic carbocycles. The van der Waals surface area contributed by atoms with Gasteiger partial charge in [-0.25, -0.2) is 15.0 Å². The summed E-state index contributed by atoms with van der Waals surface area (Å²) in [6.45, 7) is 7.65. The molecule has 1 amide bonds. The molecule has 2 aliphatic rings. The van der Waals surface area contributed by atoms with Crippen molar-refractivity contribution in [1.82, 2.24) is 20.3 Å². The number of pyridine rings is 1. The highest BCUT2D eigenvalue weighted by Gasteiger charge is 2.33. The lowest BCUT2D eigenvalue weighted by Crippen LogP contribution is -2.39. The number of methoxy groups -OCH3 is 1. The number of anilines is 2. The van der Waals surface area contributed by atoms with Crippen molar-refractivity contribution in [2.45, 2.75) is 64.3 Å². The van der Waals surface area contributed by atoms with E-state index < -0.39 is 0 Å². The van der Waals surface area contributed by atoms with Crippen molar-refractivity contribution in [2.75, 3.05) is 37.4 Å². The van der Waals surface area contributed by atoms with Crippen LogP contribution in [-0.4, -0.2) is 72.0 Å². The van der Waals surface area contributed by atoms with Crippen molar-refractivity contribution in [1.29, 1.82) is 0 Å². The lowest BCUT2D eigenvalue weighted by Gasteiger charge is -2.26. The largest absolute Gasteiger partial charge is 0.397 e. The lowest BCUT2D eigenvalue weighted by molar-refractivity contribution is -0.0166. The number of carbonyl (C=O) groups excluding carboxylic acids is 1. The molecule has 37 heavy (non-hydrogen) atoms. The van der Waals surface area contributed by atoms with Gasteiger partial charge in [0.05, 0.1) is 41.6 Å². The van der Waals surface area contributed by atoms with Gasteiger partial charge in [-0.2, -0.15) is 0 Å². The van der Waals surface area contributed by atoms with Crippen molar-refractivity contribution in [3.8, 4) is 0 Å². The minimum Gasteiger partial charge on any atom is -0.397 e. The average Bonchev–Trinajstić information content (AvgIpc) is 3.41. The second-order valence-electron chi connectivity index (χ2n) is 10.1. The molecule has 0 saturated carbocycles. The molecule has 11 heteroatoms. The number of hydrogen-bond acceptors (Lipinski definition) is 10. The van der Waals surface area contributed by atoms with Crippen LogP contribution in [0.4, 0.5) is 11.5 Å². The highest BCUT2D eigenvalue weighted by atomic mass is 32.1. The standard InChI is InChI=1S/C26H35N7O3S/c1-13(35-4)12-36-20-11-33(10-18(20)27)21-8-5-16-9-17(6-7-19(16)32-21)31-25(34)24-23(28)22-14(2)29-15(3)30-26(22)37-24/h5,8,13,17-18,20H,6-7,9-12,27-28H2,1-4H3,(H,31,34). The van der Waals surface area contributed by atoms with Gasteiger partial charge < -0.3 is 31.2 Å². The molecule has 198 valence electrons. The third-order valence-corrected chi connectivity index (χ3v) is 8.35. The zero-order valence-corrected chi connectivity index (χ0v) is 22.6. The molecule has 1 aliphatic carbocycles. The molecule has 4 atom stereocenters. The van der Waals surface area contributed by atoms with Crippen LogP contribution in [0.15, 0.2) is 12.1 Å². The van der Waals surface area contributed by atoms with E-state index in [1.807, 2.05) is 26.8 Å². The van der Waals surface area contributed by atoms with E-state index >= 15 is 0 Å². The Kier molecular flexibility index (Phi) is 7.30. The van der Waals surface area contributed by atoms with Gasteiger partial charge in [0.1, 0.15) is 21.3 Å². The topological polar surface area (TPSA) is 142 Å². The minimum absolute atomic E-state index is 0.0203. The van der Waals surface area contributed by atoms with Crippen LogP contribution in [0.5, 0.6) is 0 Å². The number of ether oxygens (including phenoxy) is 2. The second-order valence-corrected chi connectivity index (χ2v) is 11.1. The summed E-state index contributed by atoms with van der Waals surface area (Å²) in [7, 11) is 1.68. The summed E-state index contributed by atoms with van der Waals surface area (Å²) in [6.07, 6.45) is 2.34. The molecule has 5 rings (SSSR count). The van der Waals surface area contributed by atoms with E-state index in [2.05, 4.69) is 26.3 Å². The molecular formula is C26H35N7O3S. The fourth-order valence-electron chi connectivity index (χ4n) is 5.14. The maximum Gasteiger partial charge on any atom is 0.263 e. The van der Waals surface area contributed by atoms with Crippen molar-refractivity contribution in [3.05, 3.63) is 39.8 Å². The monoisotopic (exact) mass is 525 g/mol. The lowest BCUT2D eigenvalue weighted by atomic mass is 9.91. The first-order valence-corrected chi connectivity index (χ1v) is 13.5. The van der Waals surface area contributed by atoms with Crippen LogP contribution in [-0.2, 0) is 22.3 Å². The first-order chi connectivity index (χ1) is 17.7. The summed E-state index contributed by atoms with van der Waals surface area (Å²) in [6, 6.07) is 4.12. The third-order valence-electron chi connectivity index (χ3n) is 7.25. The van der Waals surface area contributed by atoms with Crippen LogP contribution in [0, 0.1) is 13.8 Å². The van der Waals surface area contributed by atoms with E-state index in [0.717, 1.165) is 52.2 Å². The van der Waals surface area contributed by atoms with E-state index in [0.29, 0.717) is 36.1 Å². The smallest absolute Gasteiger partial charge is 0.263 e. The molecular weight excluding hydrogens is 490 g/mol. The molecule has 4 unspecified atom stereocenters. The molecule has 5 N–H and O–H groups in total. The SMILES string of the molecule is COC(C)COC1CN(c2ccc3c(n2)CCC(NC(=O)c2sc4nc(C)nc(C)c4c2N)C3)CC1N. The Morgan fingerprint density at radius 2 is 2.08 bits per heavy atom. The molecule has 1 fully saturated rings. The van der Waals surface area contributed by atoms with Gasteiger partial charge in [-0.05, 0) is 51.7 Å². The van der Waals surface area contributed by atoms with Gasteiger partial charge in [-0.15, -0.1) is 11.3 Å². The van der Waals surface area contributed by atoms with Crippen LogP contribution in [0.2, 0.25) is 0 Å². The van der Waals surface area contributed by atoms with Crippen molar-refractivity contribution in [2.24, 2.45) is 5.73 Å². The maximum atomic E-state index is 13.1. The number of aryl methyl sites for hydroxylation is 3. The molecule has 1 aliphatic heterocycles. The molecule has 0 radical (unpaired) electrons. The number of thiophene rings is 1. The molecule has 0 spiro atoms. The third kappa shape index (κ3) is 5.26. The summed E-state index contributed by atoms with van der Waals surface area (Å²) in [5.74, 6) is 1.44. The predicted molar refractivity (Wildman–Crippen MR) is 145 cm³/mol. The molecule has 0 bridgehead atoms. The minimum atomic E-state index is -0.157. The maximum absolute atomic E-state index is 13.1. The second kappa shape index (κ2) is 10.5. The van der Waals surface area contributed by atoms with E-state index in [1.54, 1.807) is 7.11 Å². The van der Waals surface area contributed by atoms with Crippen molar-refractivity contribution < 1.29 is 14.3 Å². The molecule has 10 nitrogen and oxygen atoms in total. The molecule has 3 aromatic heterocycles. The van der Waals surface area contributed by atoms with Gasteiger partial charge in [-0.1, -0.05) is 6.07 Å². The van der Waals surface area contributed by atoms with Crippen LogP contribution in [0.25, 0.3) is 10.2 Å². The van der Waals surface area contributed by atoms with Gasteiger partial charge in [-0.3, -0.25) is 4.79 Å². The number of nitrogens with one attached hydrogen (secondary N) is 1. The van der Waals surface area contributed by atoms with Gasteiger partial charge in [0, 0.05) is 31.9 Å². The van der Waals surface area contributed by atoms with E-state index in [4.69, 9.17) is 25.9 Å². The highest BCUT2D eigenvalue weighted by Crippen LogP contribution is 2.34. The van der Waals surface area contributed by atoms with Gasteiger partial charge >= 0.3 is 0 Å². The van der Waals surface area contributed by atoms with Gasteiger partial charge in [0.2, 0.25) is 0 Å². The Labute approximate surface area is 220 Å². The van der Waals surface area contributed by atoms with Crippen LogP contribution < -0.4 is 21.7 Å². The number of nitrogens with zero attached hydrogens (tertiary/aromatic N) is 4. The number of fused-ring (bicyclic) bond motifs is 2. The number of rotatable bonds is 7. The number of aromatic nitrogens is 3. The fourth-order valence-corrected chi connectivity index (χ4v) is 6.23. The van der Waals surface area contributed by atoms with E-state index in [9.17, 15) is 4.79 Å². The molecule has 3 aromatic rings. The Balaban J connectivity index is 1.23. The zero-order chi connectivity index (χ0) is 26.3. The fraction of sp³-hybridized carbons (Fsp3) is 0.538. The van der Waals surface area contributed by atoms with Crippen molar-refractivity contribution in [3.63, 3.8) is 0 Å². The van der Waals surface area contributed by atoms with Gasteiger partial charge in [0.15, 0.2) is 0 Å². The van der Waals surface area contributed by atoms with E-state index in [1.165, 1.54) is 11.3 Å². The predicted octanol–water partition coefficient (Wildman–Crippen LogP) is 2.14. The quantitative estimate of drug-likeness (QED) is 0.423. The number of hydrogen-bond donors (Lipinski definition) is 3. The normalized spacial score (nSPS) is 22.3. The molecule has 1 saturated heterocycles. The van der Waals surface area contributed by atoms with Crippen LogP contribution in [0.1, 0.15) is 45.8 Å². The Morgan fingerprint density at radius 3 is 2.86 bits per heavy atom. The van der Waals surface area contributed by atoms with E-state index in [-0.39, 0.29) is 30.2 Å². The summed E-state index contributed by atoms with van der Waals surface area (Å²) < 4.78 is 11.3. The number of amides is 1. The first kappa shape index (κ1) is 25.8. The number of nitrogens with two attached hydrogens (primary N) is 2. The Hall–Kier alpha value is -2.86. The number of nitrogen functional groups attached to an aromatic ring is 1. The first-order valence-electron chi connectivity index (χ1n) is 12.7. The Morgan fingerprint density at radius 1 is 1.27 bits per heavy atom. The van der Waals surface area contributed by atoms with Gasteiger partial charge in [0.25, 0.3) is 5.91 Å². The van der Waals surface area contributed by atoms with Crippen LogP contribution in [0.3, 0.4) is 0 Å². The summed E-state index contributed by atoms with van der Waals surface area (Å²) >= 11 is 1.32. The highest BCUT2D eigenvalue weighted by molar-refractivity contribution is 7.21. The molecule has 4 heterocycles. The van der Waals surface area contributed by atoms with Crippen molar-refractivity contribution >= 4 is 39.0 Å².